The second-order valence-electron chi connectivity index (χ2n) is 7.39. The molecule has 0 aliphatic carbocycles. The van der Waals surface area contributed by atoms with Crippen LogP contribution in [0.5, 0.6) is 0 Å². The first-order valence-corrected chi connectivity index (χ1v) is 11.8. The molecular weight excluding hydrogens is 434 g/mol. The Morgan fingerprint density at radius 3 is 2.55 bits per heavy atom. The summed E-state index contributed by atoms with van der Waals surface area (Å²) in [4.78, 5) is 20.1. The lowest BCUT2D eigenvalue weighted by molar-refractivity contribution is -0.117. The zero-order valence-corrected chi connectivity index (χ0v) is 18.3. The maximum Gasteiger partial charge on any atom is 0.229 e. The number of anilines is 1. The summed E-state index contributed by atoms with van der Waals surface area (Å²) in [6.07, 6.45) is 3.39. The number of nitrogens with one attached hydrogen (secondary N) is 2. The van der Waals surface area contributed by atoms with Crippen molar-refractivity contribution >= 4 is 44.1 Å². The van der Waals surface area contributed by atoms with Crippen LogP contribution in [-0.4, -0.2) is 30.4 Å². The number of aromatic nitrogens is 2. The second-order valence-corrected chi connectivity index (χ2v) is 9.57. The summed E-state index contributed by atoms with van der Waals surface area (Å²) in [5.74, 6) is 0.0755. The standard InChI is InChI=1S/C23H20ClN3O3S/c1-31(29,30)27-18-7-5-16(6-8-18)21-9-10-25-23-22(21)14-19(26-23)13-20(28)12-15-3-2-4-17(24)11-15/h2-11,14,27H,12-13H2,1H3,(H,25,26). The van der Waals surface area contributed by atoms with E-state index in [-0.39, 0.29) is 12.2 Å². The summed E-state index contributed by atoms with van der Waals surface area (Å²) < 4.78 is 25.2. The molecule has 158 valence electrons. The SMILES string of the molecule is CS(=O)(=O)Nc1ccc(-c2ccnc3[nH]c(CC(=O)Cc4cccc(Cl)c4)cc23)cc1. The third kappa shape index (κ3) is 5.31. The number of hydrogen-bond acceptors (Lipinski definition) is 4. The zero-order valence-electron chi connectivity index (χ0n) is 16.7. The number of sulfonamides is 1. The molecule has 0 spiro atoms. The van der Waals surface area contributed by atoms with Gasteiger partial charge in [-0.2, -0.15) is 0 Å². The van der Waals surface area contributed by atoms with E-state index in [2.05, 4.69) is 14.7 Å². The van der Waals surface area contributed by atoms with Gasteiger partial charge in [-0.25, -0.2) is 13.4 Å². The Labute approximate surface area is 185 Å². The highest BCUT2D eigenvalue weighted by Crippen LogP contribution is 2.29. The lowest BCUT2D eigenvalue weighted by Crippen LogP contribution is -2.09. The normalized spacial score (nSPS) is 11.5. The van der Waals surface area contributed by atoms with E-state index in [4.69, 9.17) is 11.6 Å². The zero-order chi connectivity index (χ0) is 22.0. The quantitative estimate of drug-likeness (QED) is 0.427. The number of aromatic amines is 1. The second kappa shape index (κ2) is 8.53. The van der Waals surface area contributed by atoms with Gasteiger partial charge in [0, 0.05) is 40.8 Å². The molecule has 2 aromatic carbocycles. The Morgan fingerprint density at radius 2 is 1.84 bits per heavy atom. The maximum absolute atomic E-state index is 12.5. The van der Waals surface area contributed by atoms with Crippen LogP contribution in [0.4, 0.5) is 5.69 Å². The number of benzene rings is 2. The molecule has 31 heavy (non-hydrogen) atoms. The number of hydrogen-bond donors (Lipinski definition) is 2. The van der Waals surface area contributed by atoms with Crippen molar-refractivity contribution < 1.29 is 13.2 Å². The highest BCUT2D eigenvalue weighted by Gasteiger charge is 2.12. The molecule has 2 N–H and O–H groups in total. The van der Waals surface area contributed by atoms with Crippen molar-refractivity contribution in [2.45, 2.75) is 12.8 Å². The predicted molar refractivity (Wildman–Crippen MR) is 124 cm³/mol. The van der Waals surface area contributed by atoms with Crippen molar-refractivity contribution in [3.63, 3.8) is 0 Å². The number of halogens is 1. The molecule has 8 heteroatoms. The van der Waals surface area contributed by atoms with E-state index < -0.39 is 10.0 Å². The fourth-order valence-electron chi connectivity index (χ4n) is 3.51. The van der Waals surface area contributed by atoms with Crippen molar-refractivity contribution in [3.05, 3.63) is 83.1 Å². The molecule has 4 rings (SSSR count). The highest BCUT2D eigenvalue weighted by atomic mass is 35.5. The number of carbonyl (C=O) groups excluding carboxylic acids is 1. The molecule has 0 radical (unpaired) electrons. The number of pyridine rings is 1. The van der Waals surface area contributed by atoms with Gasteiger partial charge in [-0.3, -0.25) is 9.52 Å². The van der Waals surface area contributed by atoms with Gasteiger partial charge < -0.3 is 4.98 Å². The topological polar surface area (TPSA) is 91.9 Å². The molecule has 0 bridgehead atoms. The number of rotatable bonds is 7. The van der Waals surface area contributed by atoms with Gasteiger partial charge in [0.25, 0.3) is 0 Å². The predicted octanol–water partition coefficient (Wildman–Crippen LogP) is 4.61. The van der Waals surface area contributed by atoms with Crippen LogP contribution in [-0.2, 0) is 27.7 Å². The summed E-state index contributed by atoms with van der Waals surface area (Å²) in [5, 5.41) is 1.51. The van der Waals surface area contributed by atoms with Gasteiger partial charge in [-0.05, 0) is 53.1 Å². The number of H-pyrrole nitrogens is 1. The fourth-order valence-corrected chi connectivity index (χ4v) is 4.29. The molecule has 0 unspecified atom stereocenters. The number of ketones is 1. The minimum absolute atomic E-state index is 0.0755. The summed E-state index contributed by atoms with van der Waals surface area (Å²) >= 11 is 6.00. The summed E-state index contributed by atoms with van der Waals surface area (Å²) in [5.41, 5.74) is 4.73. The molecule has 0 fully saturated rings. The molecule has 2 heterocycles. The number of fused-ring (bicyclic) bond motifs is 1. The molecule has 0 saturated carbocycles. The van der Waals surface area contributed by atoms with Crippen LogP contribution in [0, 0.1) is 0 Å². The first-order valence-electron chi connectivity index (χ1n) is 9.58. The molecule has 0 amide bonds. The molecule has 0 aliphatic rings. The first kappa shape index (κ1) is 21.1. The molecule has 2 aromatic heterocycles. The van der Waals surface area contributed by atoms with Crippen molar-refractivity contribution in [2.24, 2.45) is 0 Å². The maximum atomic E-state index is 12.5. The van der Waals surface area contributed by atoms with Crippen molar-refractivity contribution in [1.29, 1.82) is 0 Å². The minimum atomic E-state index is -3.33. The fraction of sp³-hybridized carbons (Fsp3) is 0.130. The van der Waals surface area contributed by atoms with E-state index in [0.29, 0.717) is 22.8 Å². The average Bonchev–Trinajstić information content (AvgIpc) is 3.09. The first-order chi connectivity index (χ1) is 14.8. The van der Waals surface area contributed by atoms with Crippen molar-refractivity contribution in [2.75, 3.05) is 11.0 Å². The Bertz CT molecular complexity index is 1360. The van der Waals surface area contributed by atoms with E-state index >= 15 is 0 Å². The Morgan fingerprint density at radius 1 is 1.06 bits per heavy atom. The van der Waals surface area contributed by atoms with E-state index in [1.54, 1.807) is 30.5 Å². The molecule has 6 nitrogen and oxygen atoms in total. The van der Waals surface area contributed by atoms with Crippen LogP contribution >= 0.6 is 11.6 Å². The lowest BCUT2D eigenvalue weighted by atomic mass is 10.0. The van der Waals surface area contributed by atoms with Crippen LogP contribution in [0.25, 0.3) is 22.2 Å². The van der Waals surface area contributed by atoms with Gasteiger partial charge in [0.2, 0.25) is 10.0 Å². The largest absolute Gasteiger partial charge is 0.343 e. The van der Waals surface area contributed by atoms with Crippen LogP contribution in [0.15, 0.2) is 66.9 Å². The van der Waals surface area contributed by atoms with E-state index in [1.807, 2.05) is 36.4 Å². The summed E-state index contributed by atoms with van der Waals surface area (Å²) in [6, 6.07) is 18.3. The molecule has 0 atom stereocenters. The highest BCUT2D eigenvalue weighted by molar-refractivity contribution is 7.92. The van der Waals surface area contributed by atoms with Crippen molar-refractivity contribution in [1.82, 2.24) is 9.97 Å². The van der Waals surface area contributed by atoms with Gasteiger partial charge in [0.1, 0.15) is 11.4 Å². The van der Waals surface area contributed by atoms with Gasteiger partial charge in [-0.1, -0.05) is 35.9 Å². The third-order valence-corrected chi connectivity index (χ3v) is 5.61. The minimum Gasteiger partial charge on any atom is -0.343 e. The van der Waals surface area contributed by atoms with Gasteiger partial charge in [0.15, 0.2) is 0 Å². The summed E-state index contributed by atoms with van der Waals surface area (Å²) in [7, 11) is -3.33. The van der Waals surface area contributed by atoms with Gasteiger partial charge in [0.05, 0.1) is 6.26 Å². The van der Waals surface area contributed by atoms with Crippen LogP contribution in [0.3, 0.4) is 0 Å². The number of carbonyl (C=O) groups is 1. The molecule has 0 saturated heterocycles. The monoisotopic (exact) mass is 453 g/mol. The van der Waals surface area contributed by atoms with Crippen LogP contribution < -0.4 is 4.72 Å². The number of nitrogens with zero attached hydrogens (tertiary/aromatic N) is 1. The van der Waals surface area contributed by atoms with Crippen molar-refractivity contribution in [3.8, 4) is 11.1 Å². The Hall–Kier alpha value is -3.16. The van der Waals surface area contributed by atoms with Crippen LogP contribution in [0.1, 0.15) is 11.3 Å². The molecule has 0 aliphatic heterocycles. The lowest BCUT2D eigenvalue weighted by Gasteiger charge is -2.06. The number of Topliss-reactive ketones (excluding diaryl/α,β-unsaturated/α-hetero) is 1. The molecular formula is C23H20ClN3O3S. The third-order valence-electron chi connectivity index (χ3n) is 4.76. The van der Waals surface area contributed by atoms with Gasteiger partial charge in [-0.15, -0.1) is 0 Å². The summed E-state index contributed by atoms with van der Waals surface area (Å²) in [6.45, 7) is 0. The Kier molecular flexibility index (Phi) is 5.80. The Balaban J connectivity index is 1.56. The molecule has 4 aromatic rings. The van der Waals surface area contributed by atoms with Crippen LogP contribution in [0.2, 0.25) is 5.02 Å². The van der Waals surface area contributed by atoms with E-state index in [0.717, 1.165) is 34.0 Å². The van der Waals surface area contributed by atoms with E-state index in [9.17, 15) is 13.2 Å². The van der Waals surface area contributed by atoms with Gasteiger partial charge >= 0.3 is 0 Å². The van der Waals surface area contributed by atoms with E-state index in [1.165, 1.54) is 0 Å². The smallest absolute Gasteiger partial charge is 0.229 e. The average molecular weight is 454 g/mol.